The zero-order chi connectivity index (χ0) is 15.2. The molecule has 0 unspecified atom stereocenters. The van der Waals surface area contributed by atoms with Crippen molar-refractivity contribution in [3.8, 4) is 0 Å². The molecular formula is C15H19BrN2O3. The summed E-state index contributed by atoms with van der Waals surface area (Å²) in [5.41, 5.74) is 1.02. The number of urea groups is 1. The van der Waals surface area contributed by atoms with Crippen molar-refractivity contribution in [1.82, 2.24) is 10.6 Å². The first kappa shape index (κ1) is 15.8. The molecule has 0 aliphatic heterocycles. The van der Waals surface area contributed by atoms with Gasteiger partial charge in [0.15, 0.2) is 0 Å². The standard InChI is InChI=1S/C15H19BrN2O3/c16-13-4-2-1-3-11(13)9-17-15(21)18-12-7-5-10(6-8-12)14(19)20/h1-4,10,12H,5-9H2,(H,19,20)(H2,17,18,21). The van der Waals surface area contributed by atoms with Crippen molar-refractivity contribution in [3.63, 3.8) is 0 Å². The second kappa shape index (κ2) is 7.45. The molecule has 6 heteroatoms. The Balaban J connectivity index is 1.73. The van der Waals surface area contributed by atoms with Crippen molar-refractivity contribution in [1.29, 1.82) is 0 Å². The molecule has 1 aromatic rings. The van der Waals surface area contributed by atoms with Crippen molar-refractivity contribution in [2.75, 3.05) is 0 Å². The summed E-state index contributed by atoms with van der Waals surface area (Å²) in [5, 5.41) is 14.7. The van der Waals surface area contributed by atoms with Gasteiger partial charge < -0.3 is 15.7 Å². The van der Waals surface area contributed by atoms with Crippen molar-refractivity contribution in [2.45, 2.75) is 38.3 Å². The fraction of sp³-hybridized carbons (Fsp3) is 0.467. The minimum absolute atomic E-state index is 0.0693. The molecule has 1 aromatic carbocycles. The minimum Gasteiger partial charge on any atom is -0.481 e. The Bertz CT molecular complexity index is 513. The lowest BCUT2D eigenvalue weighted by atomic mass is 9.86. The van der Waals surface area contributed by atoms with Gasteiger partial charge in [0.25, 0.3) is 0 Å². The summed E-state index contributed by atoms with van der Waals surface area (Å²) in [6, 6.07) is 7.59. The lowest BCUT2D eigenvalue weighted by molar-refractivity contribution is -0.142. The van der Waals surface area contributed by atoms with Crippen molar-refractivity contribution < 1.29 is 14.7 Å². The molecule has 0 spiro atoms. The van der Waals surface area contributed by atoms with E-state index >= 15 is 0 Å². The highest BCUT2D eigenvalue weighted by Gasteiger charge is 2.26. The Morgan fingerprint density at radius 2 is 1.86 bits per heavy atom. The molecule has 0 radical (unpaired) electrons. The Labute approximate surface area is 132 Å². The van der Waals surface area contributed by atoms with Crippen LogP contribution in [-0.4, -0.2) is 23.1 Å². The number of hydrogen-bond acceptors (Lipinski definition) is 2. The monoisotopic (exact) mass is 354 g/mol. The molecule has 1 saturated carbocycles. The van der Waals surface area contributed by atoms with E-state index in [1.54, 1.807) is 0 Å². The van der Waals surface area contributed by atoms with Crippen LogP contribution in [0.5, 0.6) is 0 Å². The van der Waals surface area contributed by atoms with Gasteiger partial charge in [-0.15, -0.1) is 0 Å². The molecular weight excluding hydrogens is 336 g/mol. The molecule has 2 amide bonds. The number of halogens is 1. The molecule has 3 N–H and O–H groups in total. The zero-order valence-electron chi connectivity index (χ0n) is 11.6. The van der Waals surface area contributed by atoms with E-state index in [0.717, 1.165) is 22.9 Å². The van der Waals surface area contributed by atoms with E-state index in [4.69, 9.17) is 5.11 Å². The quantitative estimate of drug-likeness (QED) is 0.777. The number of amides is 2. The van der Waals surface area contributed by atoms with Gasteiger partial charge in [0.2, 0.25) is 0 Å². The van der Waals surface area contributed by atoms with Gasteiger partial charge in [-0.05, 0) is 37.3 Å². The molecule has 114 valence electrons. The highest BCUT2D eigenvalue weighted by atomic mass is 79.9. The Morgan fingerprint density at radius 3 is 2.48 bits per heavy atom. The van der Waals surface area contributed by atoms with E-state index in [-0.39, 0.29) is 18.0 Å². The number of aliphatic carboxylic acids is 1. The van der Waals surface area contributed by atoms with Crippen LogP contribution >= 0.6 is 15.9 Å². The Morgan fingerprint density at radius 1 is 1.19 bits per heavy atom. The maximum Gasteiger partial charge on any atom is 0.315 e. The number of carboxylic acids is 1. The third-order valence-electron chi connectivity index (χ3n) is 3.81. The first-order valence-corrected chi connectivity index (χ1v) is 7.86. The SMILES string of the molecule is O=C(NCc1ccccc1Br)NC1CCC(C(=O)O)CC1. The minimum atomic E-state index is -0.730. The molecule has 5 nitrogen and oxygen atoms in total. The van der Waals surface area contributed by atoms with Gasteiger partial charge >= 0.3 is 12.0 Å². The fourth-order valence-electron chi connectivity index (χ4n) is 2.54. The molecule has 0 atom stereocenters. The van der Waals surface area contributed by atoms with E-state index in [0.29, 0.717) is 19.4 Å². The molecule has 21 heavy (non-hydrogen) atoms. The summed E-state index contributed by atoms with van der Waals surface area (Å²) in [6.45, 7) is 0.456. The van der Waals surface area contributed by atoms with E-state index in [2.05, 4.69) is 26.6 Å². The molecule has 1 aliphatic rings. The van der Waals surface area contributed by atoms with Gasteiger partial charge in [0, 0.05) is 17.1 Å². The summed E-state index contributed by atoms with van der Waals surface area (Å²) in [7, 11) is 0. The second-order valence-electron chi connectivity index (χ2n) is 5.31. The van der Waals surface area contributed by atoms with E-state index in [9.17, 15) is 9.59 Å². The van der Waals surface area contributed by atoms with Crippen LogP contribution in [0.15, 0.2) is 28.7 Å². The summed E-state index contributed by atoms with van der Waals surface area (Å²) in [4.78, 5) is 22.7. The second-order valence-corrected chi connectivity index (χ2v) is 6.16. The fourth-order valence-corrected chi connectivity index (χ4v) is 2.96. The first-order valence-electron chi connectivity index (χ1n) is 7.07. The van der Waals surface area contributed by atoms with Gasteiger partial charge in [-0.2, -0.15) is 0 Å². The first-order chi connectivity index (χ1) is 10.1. The number of hydrogen-bond donors (Lipinski definition) is 3. The average molecular weight is 355 g/mol. The van der Waals surface area contributed by atoms with Gasteiger partial charge in [0.1, 0.15) is 0 Å². The maximum atomic E-state index is 11.9. The summed E-state index contributed by atoms with van der Waals surface area (Å²) < 4.78 is 0.965. The van der Waals surface area contributed by atoms with Crippen LogP contribution in [-0.2, 0) is 11.3 Å². The van der Waals surface area contributed by atoms with Crippen molar-refractivity contribution >= 4 is 27.9 Å². The predicted molar refractivity (Wildman–Crippen MR) is 82.9 cm³/mol. The van der Waals surface area contributed by atoms with E-state index in [1.807, 2.05) is 24.3 Å². The summed E-state index contributed by atoms with van der Waals surface area (Å²) in [6.07, 6.45) is 2.70. The number of nitrogens with one attached hydrogen (secondary N) is 2. The Kier molecular flexibility index (Phi) is 5.61. The Hall–Kier alpha value is -1.56. The number of carbonyl (C=O) groups is 2. The van der Waals surface area contributed by atoms with Crippen LogP contribution in [0.25, 0.3) is 0 Å². The van der Waals surface area contributed by atoms with Gasteiger partial charge in [0.05, 0.1) is 5.92 Å². The molecule has 0 bridgehead atoms. The summed E-state index contributed by atoms with van der Waals surface area (Å²) in [5.74, 6) is -0.988. The predicted octanol–water partition coefficient (Wildman–Crippen LogP) is 2.89. The lowest BCUT2D eigenvalue weighted by Crippen LogP contribution is -2.43. The maximum absolute atomic E-state index is 11.9. The van der Waals surface area contributed by atoms with Crippen molar-refractivity contribution in [2.24, 2.45) is 5.92 Å². The normalized spacial score (nSPS) is 21.6. The van der Waals surface area contributed by atoms with Crippen LogP contribution in [0.4, 0.5) is 4.79 Å². The molecule has 0 saturated heterocycles. The number of rotatable bonds is 4. The van der Waals surface area contributed by atoms with E-state index < -0.39 is 5.97 Å². The zero-order valence-corrected chi connectivity index (χ0v) is 13.2. The van der Waals surface area contributed by atoms with Gasteiger partial charge in [-0.1, -0.05) is 34.1 Å². The van der Waals surface area contributed by atoms with Crippen molar-refractivity contribution in [3.05, 3.63) is 34.3 Å². The molecule has 0 aromatic heterocycles. The van der Waals surface area contributed by atoms with Crippen LogP contribution in [0.2, 0.25) is 0 Å². The number of benzene rings is 1. The summed E-state index contributed by atoms with van der Waals surface area (Å²) >= 11 is 3.44. The molecule has 2 rings (SSSR count). The third-order valence-corrected chi connectivity index (χ3v) is 4.58. The third kappa shape index (κ3) is 4.74. The van der Waals surface area contributed by atoms with Gasteiger partial charge in [-0.3, -0.25) is 4.79 Å². The molecule has 1 fully saturated rings. The lowest BCUT2D eigenvalue weighted by Gasteiger charge is -2.26. The topological polar surface area (TPSA) is 78.4 Å². The largest absolute Gasteiger partial charge is 0.481 e. The van der Waals surface area contributed by atoms with Crippen LogP contribution in [0.3, 0.4) is 0 Å². The van der Waals surface area contributed by atoms with Crippen LogP contribution < -0.4 is 10.6 Å². The van der Waals surface area contributed by atoms with E-state index in [1.165, 1.54) is 0 Å². The molecule has 0 heterocycles. The van der Waals surface area contributed by atoms with Crippen LogP contribution in [0.1, 0.15) is 31.2 Å². The average Bonchev–Trinajstić information content (AvgIpc) is 2.47. The number of carboxylic acid groups (broad SMARTS) is 1. The molecule has 1 aliphatic carbocycles. The number of carbonyl (C=O) groups excluding carboxylic acids is 1. The highest BCUT2D eigenvalue weighted by molar-refractivity contribution is 9.10. The smallest absolute Gasteiger partial charge is 0.315 e. The van der Waals surface area contributed by atoms with Gasteiger partial charge in [-0.25, -0.2) is 4.79 Å². The highest BCUT2D eigenvalue weighted by Crippen LogP contribution is 2.24. The van der Waals surface area contributed by atoms with Crippen LogP contribution in [0, 0.1) is 5.92 Å².